The van der Waals surface area contributed by atoms with E-state index in [0.717, 1.165) is 5.92 Å². The van der Waals surface area contributed by atoms with Gasteiger partial charge in [0, 0.05) is 11.3 Å². The lowest BCUT2D eigenvalue weighted by atomic mass is 9.93. The van der Waals surface area contributed by atoms with Crippen molar-refractivity contribution in [3.63, 3.8) is 0 Å². The molecule has 0 radical (unpaired) electrons. The predicted molar refractivity (Wildman–Crippen MR) is 43.7 cm³/mol. The Morgan fingerprint density at radius 1 is 1.30 bits per heavy atom. The Hall–Kier alpha value is -0.520. The summed E-state index contributed by atoms with van der Waals surface area (Å²) in [6.45, 7) is 6.84. The number of fused-ring (bicyclic) bond motifs is 2. The SMILES string of the molecule is CC1=CC2(C)C=C(C)C1C2. The van der Waals surface area contributed by atoms with Crippen molar-refractivity contribution in [2.45, 2.75) is 27.2 Å². The van der Waals surface area contributed by atoms with Gasteiger partial charge in [-0.15, -0.1) is 0 Å². The van der Waals surface area contributed by atoms with Gasteiger partial charge in [0.2, 0.25) is 0 Å². The van der Waals surface area contributed by atoms with Gasteiger partial charge in [0.1, 0.15) is 0 Å². The van der Waals surface area contributed by atoms with E-state index < -0.39 is 0 Å². The van der Waals surface area contributed by atoms with Crippen LogP contribution in [0, 0.1) is 11.3 Å². The molecule has 0 fully saturated rings. The zero-order valence-electron chi connectivity index (χ0n) is 6.94. The van der Waals surface area contributed by atoms with Crippen LogP contribution in [0.25, 0.3) is 0 Å². The van der Waals surface area contributed by atoms with Crippen LogP contribution >= 0.6 is 0 Å². The van der Waals surface area contributed by atoms with E-state index in [1.807, 2.05) is 0 Å². The van der Waals surface area contributed by atoms with Gasteiger partial charge in [-0.05, 0) is 20.3 Å². The first-order valence-electron chi connectivity index (χ1n) is 3.99. The first-order valence-corrected chi connectivity index (χ1v) is 3.99. The molecule has 0 spiro atoms. The lowest BCUT2D eigenvalue weighted by Gasteiger charge is -2.12. The summed E-state index contributed by atoms with van der Waals surface area (Å²) in [4.78, 5) is 0. The third-order valence-electron chi connectivity index (χ3n) is 2.86. The average Bonchev–Trinajstić information content (AvgIpc) is 2.17. The van der Waals surface area contributed by atoms with Crippen LogP contribution in [0.3, 0.4) is 0 Å². The van der Waals surface area contributed by atoms with Crippen LogP contribution < -0.4 is 0 Å². The van der Waals surface area contributed by atoms with E-state index in [1.165, 1.54) is 6.42 Å². The molecule has 0 nitrogen and oxygen atoms in total. The first kappa shape index (κ1) is 6.21. The molecular weight excluding hydrogens is 120 g/mol. The van der Waals surface area contributed by atoms with Crippen molar-refractivity contribution in [1.82, 2.24) is 0 Å². The van der Waals surface area contributed by atoms with Crippen molar-refractivity contribution >= 4 is 0 Å². The van der Waals surface area contributed by atoms with Crippen LogP contribution in [0.15, 0.2) is 23.3 Å². The lowest BCUT2D eigenvalue weighted by Crippen LogP contribution is -2.00. The van der Waals surface area contributed by atoms with Gasteiger partial charge < -0.3 is 0 Å². The minimum atomic E-state index is 0.429. The molecule has 54 valence electrons. The van der Waals surface area contributed by atoms with Crippen molar-refractivity contribution in [3.05, 3.63) is 23.3 Å². The second-order valence-corrected chi connectivity index (χ2v) is 4.04. The van der Waals surface area contributed by atoms with Crippen molar-refractivity contribution < 1.29 is 0 Å². The largest absolute Gasteiger partial charge is 0.0752 e. The Bertz CT molecular complexity index is 210. The molecule has 0 heterocycles. The Balaban J connectivity index is 2.44. The maximum atomic E-state index is 2.42. The van der Waals surface area contributed by atoms with Crippen molar-refractivity contribution in [3.8, 4) is 0 Å². The van der Waals surface area contributed by atoms with E-state index in [9.17, 15) is 0 Å². The van der Waals surface area contributed by atoms with Gasteiger partial charge in [-0.1, -0.05) is 30.2 Å². The molecule has 2 aliphatic rings. The molecule has 0 N–H and O–H groups in total. The summed E-state index contributed by atoms with van der Waals surface area (Å²) in [6, 6.07) is 0. The van der Waals surface area contributed by atoms with Gasteiger partial charge in [0.15, 0.2) is 0 Å². The topological polar surface area (TPSA) is 0 Å². The molecule has 10 heavy (non-hydrogen) atoms. The summed E-state index contributed by atoms with van der Waals surface area (Å²) in [5.74, 6) is 0.796. The maximum absolute atomic E-state index is 2.42. The highest BCUT2D eigenvalue weighted by molar-refractivity contribution is 5.38. The Kier molecular flexibility index (Phi) is 0.964. The van der Waals surface area contributed by atoms with Crippen LogP contribution in [0.2, 0.25) is 0 Å². The summed E-state index contributed by atoms with van der Waals surface area (Å²) >= 11 is 0. The Morgan fingerprint density at radius 2 is 1.80 bits per heavy atom. The third kappa shape index (κ3) is 0.622. The standard InChI is InChI=1S/C10H14/c1-7-4-10(3)5-8(2)9(7)6-10/h4-5,9H,6H2,1-3H3. The summed E-state index contributed by atoms with van der Waals surface area (Å²) in [6.07, 6.45) is 6.18. The molecule has 0 aromatic rings. The summed E-state index contributed by atoms with van der Waals surface area (Å²) in [5, 5.41) is 0. The quantitative estimate of drug-likeness (QED) is 0.447. The molecular formula is C10H14. The minimum absolute atomic E-state index is 0.429. The van der Waals surface area contributed by atoms with Crippen molar-refractivity contribution in [2.24, 2.45) is 11.3 Å². The number of allylic oxidation sites excluding steroid dienone is 4. The molecule has 0 saturated heterocycles. The first-order chi connectivity index (χ1) is 4.61. The highest BCUT2D eigenvalue weighted by Gasteiger charge is 2.38. The third-order valence-corrected chi connectivity index (χ3v) is 2.86. The van der Waals surface area contributed by atoms with E-state index in [4.69, 9.17) is 0 Å². The zero-order valence-corrected chi connectivity index (χ0v) is 6.94. The number of hydrogen-bond donors (Lipinski definition) is 0. The summed E-state index contributed by atoms with van der Waals surface area (Å²) < 4.78 is 0. The average molecular weight is 134 g/mol. The molecule has 2 rings (SSSR count). The van der Waals surface area contributed by atoms with Crippen LogP contribution in [0.4, 0.5) is 0 Å². The fraction of sp³-hybridized carbons (Fsp3) is 0.600. The molecule has 0 saturated carbocycles. The van der Waals surface area contributed by atoms with Crippen molar-refractivity contribution in [2.75, 3.05) is 0 Å². The summed E-state index contributed by atoms with van der Waals surface area (Å²) in [5.41, 5.74) is 3.60. The van der Waals surface area contributed by atoms with Gasteiger partial charge in [-0.2, -0.15) is 0 Å². The monoisotopic (exact) mass is 134 g/mol. The van der Waals surface area contributed by atoms with Crippen molar-refractivity contribution in [1.29, 1.82) is 0 Å². The van der Waals surface area contributed by atoms with Crippen LogP contribution in [0.1, 0.15) is 27.2 Å². The normalized spacial score (nSPS) is 43.7. The minimum Gasteiger partial charge on any atom is -0.0752 e. The lowest BCUT2D eigenvalue weighted by molar-refractivity contribution is 0.531. The predicted octanol–water partition coefficient (Wildman–Crippen LogP) is 2.92. The van der Waals surface area contributed by atoms with Gasteiger partial charge in [0.05, 0.1) is 0 Å². The molecule has 0 unspecified atom stereocenters. The molecule has 0 aromatic carbocycles. The number of rotatable bonds is 0. The van der Waals surface area contributed by atoms with Gasteiger partial charge in [-0.25, -0.2) is 0 Å². The fourth-order valence-electron chi connectivity index (χ4n) is 2.52. The second-order valence-electron chi connectivity index (χ2n) is 4.04. The van der Waals surface area contributed by atoms with Gasteiger partial charge >= 0.3 is 0 Å². The highest BCUT2D eigenvalue weighted by atomic mass is 14.4. The van der Waals surface area contributed by atoms with E-state index in [-0.39, 0.29) is 0 Å². The molecule has 0 atom stereocenters. The number of hydrogen-bond acceptors (Lipinski definition) is 0. The molecule has 2 bridgehead atoms. The van der Waals surface area contributed by atoms with E-state index in [0.29, 0.717) is 5.41 Å². The molecule has 2 aliphatic carbocycles. The van der Waals surface area contributed by atoms with Crippen LogP contribution in [-0.2, 0) is 0 Å². The maximum Gasteiger partial charge on any atom is 0.00470 e. The van der Waals surface area contributed by atoms with E-state index in [2.05, 4.69) is 32.9 Å². The van der Waals surface area contributed by atoms with Crippen LogP contribution in [-0.4, -0.2) is 0 Å². The van der Waals surface area contributed by atoms with Gasteiger partial charge in [0.25, 0.3) is 0 Å². The molecule has 0 amide bonds. The zero-order chi connectivity index (χ0) is 7.35. The summed E-state index contributed by atoms with van der Waals surface area (Å²) in [7, 11) is 0. The van der Waals surface area contributed by atoms with E-state index >= 15 is 0 Å². The smallest absolute Gasteiger partial charge is 0.00470 e. The second kappa shape index (κ2) is 1.55. The molecule has 0 heteroatoms. The molecule has 0 aromatic heterocycles. The Morgan fingerprint density at radius 3 is 2.00 bits per heavy atom. The highest BCUT2D eigenvalue weighted by Crippen LogP contribution is 2.50. The van der Waals surface area contributed by atoms with Crippen LogP contribution in [0.5, 0.6) is 0 Å². The molecule has 0 aliphatic heterocycles. The Labute approximate surface area is 62.6 Å². The van der Waals surface area contributed by atoms with Gasteiger partial charge in [-0.3, -0.25) is 0 Å². The van der Waals surface area contributed by atoms with E-state index in [1.54, 1.807) is 11.1 Å². The fourth-order valence-corrected chi connectivity index (χ4v) is 2.52.